The molecule has 1 unspecified atom stereocenters. The second kappa shape index (κ2) is 5.08. The Balaban J connectivity index is 1.64. The van der Waals surface area contributed by atoms with Crippen molar-refractivity contribution < 1.29 is 9.28 Å². The molecule has 0 radical (unpaired) electrons. The number of carbonyl (C=O) groups excluding carboxylic acids is 1. The minimum absolute atomic E-state index is 0.458. The molecule has 1 aromatic rings. The summed E-state index contributed by atoms with van der Waals surface area (Å²) in [5.74, 6) is 1.24. The Kier molecular flexibility index (Phi) is 3.44. The van der Waals surface area contributed by atoms with E-state index in [0.29, 0.717) is 16.4 Å². The van der Waals surface area contributed by atoms with E-state index in [0.717, 1.165) is 18.9 Å². The standard InChI is InChI=1S/C15H24N3O/c1-18(11-19,9-12-5-3-2-4-6-12)15-7-13(15)14-8-16-10-17-14/h8,10-13,15H,2-7,9H2,1H3,(H,16,17)/q+1/t13-,15+,18?/m0/s1. The van der Waals surface area contributed by atoms with Crippen LogP contribution in [0.25, 0.3) is 0 Å². The zero-order chi connectivity index (χ0) is 13.3. The van der Waals surface area contributed by atoms with Crippen molar-refractivity contribution in [1.29, 1.82) is 0 Å². The predicted octanol–water partition coefficient (Wildman–Crippen LogP) is 2.45. The summed E-state index contributed by atoms with van der Waals surface area (Å²) < 4.78 is 0.592. The fourth-order valence-corrected chi connectivity index (χ4v) is 3.82. The molecule has 4 heteroatoms. The molecule has 1 heterocycles. The number of rotatable bonds is 5. The lowest BCUT2D eigenvalue weighted by atomic mass is 9.88. The highest BCUT2D eigenvalue weighted by Crippen LogP contribution is 2.47. The van der Waals surface area contributed by atoms with Crippen LogP contribution >= 0.6 is 0 Å². The van der Waals surface area contributed by atoms with Crippen molar-refractivity contribution in [3.63, 3.8) is 0 Å². The van der Waals surface area contributed by atoms with Crippen molar-refractivity contribution in [2.45, 2.75) is 50.5 Å². The van der Waals surface area contributed by atoms with E-state index >= 15 is 0 Å². The summed E-state index contributed by atoms with van der Waals surface area (Å²) in [5, 5.41) is 0. The Morgan fingerprint density at radius 1 is 1.42 bits per heavy atom. The van der Waals surface area contributed by atoms with Gasteiger partial charge in [-0.3, -0.25) is 4.48 Å². The minimum atomic E-state index is 0.458. The maximum Gasteiger partial charge on any atom is 0.301 e. The largest absolute Gasteiger partial charge is 0.348 e. The van der Waals surface area contributed by atoms with Gasteiger partial charge in [-0.1, -0.05) is 19.3 Å². The van der Waals surface area contributed by atoms with Gasteiger partial charge in [0.25, 0.3) is 0 Å². The third-order valence-electron chi connectivity index (χ3n) is 5.05. The Morgan fingerprint density at radius 2 is 2.21 bits per heavy atom. The molecule has 0 aromatic carbocycles. The summed E-state index contributed by atoms with van der Waals surface area (Å²) >= 11 is 0. The molecule has 2 saturated carbocycles. The number of nitrogens with one attached hydrogen (secondary N) is 1. The lowest BCUT2D eigenvalue weighted by Crippen LogP contribution is -2.49. The van der Waals surface area contributed by atoms with Gasteiger partial charge < -0.3 is 4.98 Å². The van der Waals surface area contributed by atoms with Gasteiger partial charge in [-0.25, -0.2) is 9.78 Å². The first-order valence-electron chi connectivity index (χ1n) is 7.52. The number of carbonyl (C=O) groups is 1. The fraction of sp³-hybridized carbons (Fsp3) is 0.733. The first kappa shape index (κ1) is 12.9. The van der Waals surface area contributed by atoms with Gasteiger partial charge in [0.2, 0.25) is 0 Å². The van der Waals surface area contributed by atoms with E-state index in [1.54, 1.807) is 6.33 Å². The van der Waals surface area contributed by atoms with Gasteiger partial charge in [0.05, 0.1) is 25.8 Å². The second-order valence-electron chi connectivity index (χ2n) is 6.56. The minimum Gasteiger partial charge on any atom is -0.348 e. The van der Waals surface area contributed by atoms with Crippen LogP contribution < -0.4 is 0 Å². The highest BCUT2D eigenvalue weighted by molar-refractivity contribution is 5.39. The van der Waals surface area contributed by atoms with E-state index in [-0.39, 0.29) is 0 Å². The van der Waals surface area contributed by atoms with Crippen molar-refractivity contribution in [3.8, 4) is 0 Å². The molecule has 4 nitrogen and oxygen atoms in total. The van der Waals surface area contributed by atoms with Crippen molar-refractivity contribution in [2.24, 2.45) is 5.92 Å². The number of aromatic nitrogens is 2. The van der Waals surface area contributed by atoms with Gasteiger partial charge in [-0.05, 0) is 12.8 Å². The van der Waals surface area contributed by atoms with E-state index in [1.165, 1.54) is 44.2 Å². The van der Waals surface area contributed by atoms with Crippen molar-refractivity contribution in [2.75, 3.05) is 13.6 Å². The molecule has 1 amide bonds. The van der Waals surface area contributed by atoms with E-state index < -0.39 is 0 Å². The average Bonchev–Trinajstić information content (AvgIpc) is 3.07. The second-order valence-corrected chi connectivity index (χ2v) is 6.56. The summed E-state index contributed by atoms with van der Waals surface area (Å²) in [6, 6.07) is 0.458. The molecular weight excluding hydrogens is 238 g/mol. The van der Waals surface area contributed by atoms with Crippen LogP contribution in [0.3, 0.4) is 0 Å². The van der Waals surface area contributed by atoms with Gasteiger partial charge in [0.1, 0.15) is 6.04 Å². The van der Waals surface area contributed by atoms with Crippen LogP contribution in [-0.4, -0.2) is 40.5 Å². The quantitative estimate of drug-likeness (QED) is 0.654. The molecule has 2 aliphatic rings. The number of likely N-dealkylation sites (N-methyl/N-ethyl adjacent to an activating group) is 1. The van der Waals surface area contributed by atoms with Crippen LogP contribution in [0.4, 0.5) is 0 Å². The van der Waals surface area contributed by atoms with E-state index in [1.807, 2.05) is 6.20 Å². The molecule has 104 valence electrons. The predicted molar refractivity (Wildman–Crippen MR) is 73.4 cm³/mol. The highest BCUT2D eigenvalue weighted by Gasteiger charge is 2.53. The summed E-state index contributed by atoms with van der Waals surface area (Å²) in [6.07, 6.45) is 12.6. The topological polar surface area (TPSA) is 45.8 Å². The number of nitrogens with zero attached hydrogens (tertiary/aromatic N) is 2. The molecule has 3 rings (SSSR count). The van der Waals surface area contributed by atoms with Crippen LogP contribution in [0.5, 0.6) is 0 Å². The van der Waals surface area contributed by atoms with Crippen molar-refractivity contribution in [3.05, 3.63) is 18.2 Å². The molecule has 2 aliphatic carbocycles. The van der Waals surface area contributed by atoms with E-state index in [4.69, 9.17) is 0 Å². The number of quaternary nitrogens is 1. The first-order chi connectivity index (χ1) is 9.23. The Labute approximate surface area is 114 Å². The highest BCUT2D eigenvalue weighted by atomic mass is 16.1. The average molecular weight is 262 g/mol. The van der Waals surface area contributed by atoms with Gasteiger partial charge in [0, 0.05) is 24.2 Å². The number of aromatic amines is 1. The van der Waals surface area contributed by atoms with Gasteiger partial charge >= 0.3 is 6.41 Å². The molecular formula is C15H24N3O+. The third-order valence-corrected chi connectivity index (χ3v) is 5.05. The lowest BCUT2D eigenvalue weighted by Gasteiger charge is -2.33. The SMILES string of the molecule is C[N+](C=O)(CC1CCCCC1)[C@@H]1C[C@H]1c1cnc[nH]1. The number of amides is 1. The Bertz CT molecular complexity index is 425. The Morgan fingerprint density at radius 3 is 2.84 bits per heavy atom. The molecule has 1 N–H and O–H groups in total. The number of H-pyrrole nitrogens is 1. The summed E-state index contributed by atoms with van der Waals surface area (Å²) in [7, 11) is 2.11. The molecule has 2 fully saturated rings. The van der Waals surface area contributed by atoms with Crippen molar-refractivity contribution >= 4 is 6.41 Å². The maximum absolute atomic E-state index is 11.6. The molecule has 0 saturated heterocycles. The van der Waals surface area contributed by atoms with Gasteiger partial charge in [-0.15, -0.1) is 0 Å². The van der Waals surface area contributed by atoms with Gasteiger partial charge in [0.15, 0.2) is 0 Å². The smallest absolute Gasteiger partial charge is 0.301 e. The maximum atomic E-state index is 11.6. The van der Waals surface area contributed by atoms with Crippen LogP contribution in [0.2, 0.25) is 0 Å². The van der Waals surface area contributed by atoms with E-state index in [2.05, 4.69) is 17.0 Å². The van der Waals surface area contributed by atoms with Crippen LogP contribution in [-0.2, 0) is 4.79 Å². The molecule has 19 heavy (non-hydrogen) atoms. The molecule has 1 aromatic heterocycles. The van der Waals surface area contributed by atoms with Crippen LogP contribution in [0, 0.1) is 5.92 Å². The Hall–Kier alpha value is -1.16. The van der Waals surface area contributed by atoms with E-state index in [9.17, 15) is 4.79 Å². The zero-order valence-electron chi connectivity index (χ0n) is 11.7. The number of imidazole rings is 1. The van der Waals surface area contributed by atoms with Crippen LogP contribution in [0.15, 0.2) is 12.5 Å². The molecule has 0 bridgehead atoms. The summed E-state index contributed by atoms with van der Waals surface area (Å²) in [6.45, 7) is 1.03. The third kappa shape index (κ3) is 2.59. The lowest BCUT2D eigenvalue weighted by molar-refractivity contribution is -0.841. The zero-order valence-corrected chi connectivity index (χ0v) is 11.7. The first-order valence-corrected chi connectivity index (χ1v) is 7.52. The van der Waals surface area contributed by atoms with Gasteiger partial charge in [-0.2, -0.15) is 0 Å². The summed E-state index contributed by atoms with van der Waals surface area (Å²) in [4.78, 5) is 18.9. The van der Waals surface area contributed by atoms with Crippen molar-refractivity contribution in [1.82, 2.24) is 9.97 Å². The molecule has 0 aliphatic heterocycles. The normalized spacial score (nSPS) is 30.8. The summed E-state index contributed by atoms with van der Waals surface area (Å²) in [5.41, 5.74) is 1.19. The number of hydrogen-bond acceptors (Lipinski definition) is 2. The monoisotopic (exact) mass is 262 g/mol. The molecule has 3 atom stereocenters. The van der Waals surface area contributed by atoms with Crippen LogP contribution in [0.1, 0.15) is 50.1 Å². The molecule has 0 spiro atoms. The fourth-order valence-electron chi connectivity index (χ4n) is 3.82. The number of hydrogen-bond donors (Lipinski definition) is 1.